The SMILES string of the molecule is COc1cncc(C(=O)Cc2nc(C)cs2)c1. The lowest BCUT2D eigenvalue weighted by atomic mass is 10.1. The zero-order valence-electron chi connectivity index (χ0n) is 9.64. The number of hydrogen-bond acceptors (Lipinski definition) is 5. The summed E-state index contributed by atoms with van der Waals surface area (Å²) in [6.45, 7) is 1.91. The molecule has 2 aromatic rings. The van der Waals surface area contributed by atoms with Crippen LogP contribution in [0, 0.1) is 6.92 Å². The highest BCUT2D eigenvalue weighted by Gasteiger charge is 2.10. The molecule has 0 unspecified atom stereocenters. The van der Waals surface area contributed by atoms with E-state index < -0.39 is 0 Å². The first-order valence-corrected chi connectivity index (χ1v) is 6.00. The third kappa shape index (κ3) is 2.88. The number of ketones is 1. The molecule has 0 aliphatic heterocycles. The van der Waals surface area contributed by atoms with E-state index in [1.54, 1.807) is 25.6 Å². The van der Waals surface area contributed by atoms with Crippen LogP contribution in [0.4, 0.5) is 0 Å². The third-order valence-electron chi connectivity index (χ3n) is 2.25. The second-order valence-corrected chi connectivity index (χ2v) is 4.54. The summed E-state index contributed by atoms with van der Waals surface area (Å²) in [6.07, 6.45) is 3.43. The standard InChI is InChI=1S/C12H12N2O2S/c1-8-7-17-12(14-8)4-11(15)9-3-10(16-2)6-13-5-9/h3,5-7H,4H2,1-2H3. The van der Waals surface area contributed by atoms with Crippen LogP contribution in [0.25, 0.3) is 0 Å². The number of carbonyl (C=O) groups is 1. The molecule has 0 N–H and O–H groups in total. The number of carbonyl (C=O) groups excluding carboxylic acids is 1. The molecule has 0 aliphatic carbocycles. The zero-order valence-corrected chi connectivity index (χ0v) is 10.5. The van der Waals surface area contributed by atoms with Crippen molar-refractivity contribution in [1.82, 2.24) is 9.97 Å². The number of nitrogens with zero attached hydrogens (tertiary/aromatic N) is 2. The van der Waals surface area contributed by atoms with E-state index in [4.69, 9.17) is 4.74 Å². The molecule has 5 heteroatoms. The quantitative estimate of drug-likeness (QED) is 0.779. The number of pyridine rings is 1. The molecular weight excluding hydrogens is 236 g/mol. The minimum Gasteiger partial charge on any atom is -0.495 e. The van der Waals surface area contributed by atoms with Gasteiger partial charge in [-0.25, -0.2) is 4.98 Å². The molecule has 0 aliphatic rings. The van der Waals surface area contributed by atoms with Crippen molar-refractivity contribution in [3.05, 3.63) is 40.1 Å². The highest BCUT2D eigenvalue weighted by Crippen LogP contribution is 2.15. The number of aryl methyl sites for hydroxylation is 1. The predicted octanol–water partition coefficient (Wildman–Crippen LogP) is 2.28. The Labute approximate surface area is 103 Å². The molecule has 2 rings (SSSR count). The maximum atomic E-state index is 12.0. The molecule has 2 aromatic heterocycles. The van der Waals surface area contributed by atoms with Gasteiger partial charge in [0.15, 0.2) is 5.78 Å². The monoisotopic (exact) mass is 248 g/mol. The molecule has 4 nitrogen and oxygen atoms in total. The first-order valence-electron chi connectivity index (χ1n) is 5.12. The molecular formula is C12H12N2O2S. The summed E-state index contributed by atoms with van der Waals surface area (Å²) in [5, 5.41) is 2.77. The number of Topliss-reactive ketones (excluding diaryl/α,β-unsaturated/α-hetero) is 1. The van der Waals surface area contributed by atoms with E-state index in [0.717, 1.165) is 10.7 Å². The second kappa shape index (κ2) is 5.05. The number of aromatic nitrogens is 2. The van der Waals surface area contributed by atoms with Gasteiger partial charge in [0, 0.05) is 22.8 Å². The van der Waals surface area contributed by atoms with E-state index in [-0.39, 0.29) is 5.78 Å². The van der Waals surface area contributed by atoms with Crippen molar-refractivity contribution < 1.29 is 9.53 Å². The van der Waals surface area contributed by atoms with Gasteiger partial charge < -0.3 is 4.74 Å². The highest BCUT2D eigenvalue weighted by atomic mass is 32.1. The van der Waals surface area contributed by atoms with Gasteiger partial charge in [0.25, 0.3) is 0 Å². The maximum absolute atomic E-state index is 12.0. The van der Waals surface area contributed by atoms with Crippen LogP contribution < -0.4 is 4.74 Å². The van der Waals surface area contributed by atoms with Crippen LogP contribution in [-0.4, -0.2) is 22.9 Å². The Morgan fingerprint density at radius 1 is 1.47 bits per heavy atom. The first kappa shape index (κ1) is 11.7. The van der Waals surface area contributed by atoms with Gasteiger partial charge in [-0.05, 0) is 13.0 Å². The minimum absolute atomic E-state index is 0.00532. The summed E-state index contributed by atoms with van der Waals surface area (Å²) in [6, 6.07) is 1.69. The minimum atomic E-state index is 0.00532. The number of methoxy groups -OCH3 is 1. The second-order valence-electron chi connectivity index (χ2n) is 3.60. The molecule has 0 saturated carbocycles. The van der Waals surface area contributed by atoms with Crippen LogP contribution in [0.5, 0.6) is 5.75 Å². The molecule has 0 bridgehead atoms. The molecule has 0 radical (unpaired) electrons. The average Bonchev–Trinajstić information content (AvgIpc) is 2.75. The van der Waals surface area contributed by atoms with E-state index in [9.17, 15) is 4.79 Å². The maximum Gasteiger partial charge on any atom is 0.171 e. The fourth-order valence-corrected chi connectivity index (χ4v) is 2.18. The van der Waals surface area contributed by atoms with E-state index >= 15 is 0 Å². The largest absolute Gasteiger partial charge is 0.495 e. The molecule has 0 spiro atoms. The summed E-state index contributed by atoms with van der Waals surface area (Å²) < 4.78 is 5.03. The van der Waals surface area contributed by atoms with E-state index in [2.05, 4.69) is 9.97 Å². The Morgan fingerprint density at radius 2 is 2.29 bits per heavy atom. The van der Waals surface area contributed by atoms with Crippen molar-refractivity contribution in [2.24, 2.45) is 0 Å². The fourth-order valence-electron chi connectivity index (χ4n) is 1.41. The van der Waals surface area contributed by atoms with Gasteiger partial charge in [-0.15, -0.1) is 11.3 Å². The van der Waals surface area contributed by atoms with Crippen LogP contribution in [0.1, 0.15) is 21.1 Å². The number of thiazole rings is 1. The van der Waals surface area contributed by atoms with Crippen molar-refractivity contribution in [1.29, 1.82) is 0 Å². The lowest BCUT2D eigenvalue weighted by molar-refractivity contribution is 0.0992. The molecule has 2 heterocycles. The summed E-state index contributed by atoms with van der Waals surface area (Å²) in [5.41, 5.74) is 1.50. The van der Waals surface area contributed by atoms with Crippen molar-refractivity contribution in [2.75, 3.05) is 7.11 Å². The molecule has 88 valence electrons. The molecule has 0 aromatic carbocycles. The van der Waals surface area contributed by atoms with E-state index in [1.807, 2.05) is 12.3 Å². The summed E-state index contributed by atoms with van der Waals surface area (Å²) in [4.78, 5) is 20.2. The van der Waals surface area contributed by atoms with Crippen LogP contribution in [0.2, 0.25) is 0 Å². The molecule has 0 atom stereocenters. The normalized spacial score (nSPS) is 10.2. The van der Waals surface area contributed by atoms with Gasteiger partial charge in [0.2, 0.25) is 0 Å². The Hall–Kier alpha value is -1.75. The van der Waals surface area contributed by atoms with Crippen LogP contribution in [-0.2, 0) is 6.42 Å². The Kier molecular flexibility index (Phi) is 3.49. The van der Waals surface area contributed by atoms with E-state index in [1.165, 1.54) is 11.3 Å². The van der Waals surface area contributed by atoms with Gasteiger partial charge in [0.1, 0.15) is 10.8 Å². The summed E-state index contributed by atoms with van der Waals surface area (Å²) >= 11 is 1.50. The van der Waals surface area contributed by atoms with Crippen molar-refractivity contribution in [2.45, 2.75) is 13.3 Å². The smallest absolute Gasteiger partial charge is 0.171 e. The predicted molar refractivity (Wildman–Crippen MR) is 65.7 cm³/mol. The average molecular weight is 248 g/mol. The Balaban J connectivity index is 2.14. The molecule has 0 fully saturated rings. The van der Waals surface area contributed by atoms with Crippen LogP contribution >= 0.6 is 11.3 Å². The van der Waals surface area contributed by atoms with Crippen LogP contribution in [0.3, 0.4) is 0 Å². The summed E-state index contributed by atoms with van der Waals surface area (Å²) in [7, 11) is 1.55. The third-order valence-corrected chi connectivity index (χ3v) is 3.22. The molecule has 17 heavy (non-hydrogen) atoms. The lowest BCUT2D eigenvalue weighted by Crippen LogP contribution is -2.04. The first-order chi connectivity index (χ1) is 8.19. The lowest BCUT2D eigenvalue weighted by Gasteiger charge is -2.01. The number of hydrogen-bond donors (Lipinski definition) is 0. The zero-order chi connectivity index (χ0) is 12.3. The van der Waals surface area contributed by atoms with Gasteiger partial charge >= 0.3 is 0 Å². The van der Waals surface area contributed by atoms with Gasteiger partial charge in [0.05, 0.1) is 19.7 Å². The highest BCUT2D eigenvalue weighted by molar-refractivity contribution is 7.09. The van der Waals surface area contributed by atoms with Gasteiger partial charge in [-0.1, -0.05) is 0 Å². The topological polar surface area (TPSA) is 52.1 Å². The van der Waals surface area contributed by atoms with Crippen molar-refractivity contribution in [3.8, 4) is 5.75 Å². The number of rotatable bonds is 4. The molecule has 0 saturated heterocycles. The van der Waals surface area contributed by atoms with Crippen LogP contribution in [0.15, 0.2) is 23.8 Å². The molecule has 0 amide bonds. The fraction of sp³-hybridized carbons (Fsp3) is 0.250. The van der Waals surface area contributed by atoms with E-state index in [0.29, 0.717) is 17.7 Å². The van der Waals surface area contributed by atoms with Gasteiger partial charge in [-0.3, -0.25) is 9.78 Å². The van der Waals surface area contributed by atoms with Crippen molar-refractivity contribution >= 4 is 17.1 Å². The van der Waals surface area contributed by atoms with Gasteiger partial charge in [-0.2, -0.15) is 0 Å². The van der Waals surface area contributed by atoms with Crippen molar-refractivity contribution in [3.63, 3.8) is 0 Å². The Bertz CT molecular complexity index is 537. The Morgan fingerprint density at radius 3 is 2.94 bits per heavy atom. The summed E-state index contributed by atoms with van der Waals surface area (Å²) in [5.74, 6) is 0.594. The number of ether oxygens (including phenoxy) is 1.